The molecular formula is C11H16N+. The van der Waals surface area contributed by atoms with Gasteiger partial charge in [-0.25, -0.2) is 0 Å². The summed E-state index contributed by atoms with van der Waals surface area (Å²) in [4.78, 5) is 0. The molecule has 2 rings (SSSR count). The van der Waals surface area contributed by atoms with Crippen LogP contribution in [-0.4, -0.2) is 6.54 Å². The summed E-state index contributed by atoms with van der Waals surface area (Å²) in [7, 11) is 0. The van der Waals surface area contributed by atoms with E-state index < -0.39 is 0 Å². The molecule has 0 saturated carbocycles. The van der Waals surface area contributed by atoms with Crippen LogP contribution in [0.25, 0.3) is 0 Å². The van der Waals surface area contributed by atoms with Crippen molar-refractivity contribution in [1.82, 2.24) is 0 Å². The van der Waals surface area contributed by atoms with E-state index in [2.05, 4.69) is 36.5 Å². The maximum atomic E-state index is 2.45. The third kappa shape index (κ3) is 1.51. The number of rotatable bonds is 1. The van der Waals surface area contributed by atoms with Crippen molar-refractivity contribution >= 4 is 0 Å². The van der Waals surface area contributed by atoms with E-state index in [1.807, 2.05) is 0 Å². The molecule has 0 aliphatic carbocycles. The number of hydrogen-bond acceptors (Lipinski definition) is 0. The SMILES string of the molecule is Cc1cccc([C@@H]2CCC[NH2+]2)c1. The summed E-state index contributed by atoms with van der Waals surface area (Å²) < 4.78 is 0. The van der Waals surface area contributed by atoms with Crippen molar-refractivity contribution in [2.45, 2.75) is 25.8 Å². The molecule has 0 unspecified atom stereocenters. The Balaban J connectivity index is 2.21. The zero-order valence-corrected chi connectivity index (χ0v) is 7.59. The molecule has 1 heterocycles. The molecule has 0 bridgehead atoms. The van der Waals surface area contributed by atoms with Crippen molar-refractivity contribution in [3.05, 3.63) is 35.4 Å². The molecule has 1 aliphatic heterocycles. The molecule has 1 fully saturated rings. The number of hydrogen-bond donors (Lipinski definition) is 1. The van der Waals surface area contributed by atoms with Gasteiger partial charge in [0.15, 0.2) is 0 Å². The first kappa shape index (κ1) is 7.81. The average Bonchev–Trinajstić information content (AvgIpc) is 2.56. The standard InChI is InChI=1S/C11H15N/c1-9-4-2-5-10(8-9)11-6-3-7-12-11/h2,4-5,8,11-12H,3,6-7H2,1H3/p+1/t11-/m0/s1. The molecule has 0 amide bonds. The molecule has 0 spiro atoms. The monoisotopic (exact) mass is 162 g/mol. The van der Waals surface area contributed by atoms with Crippen LogP contribution in [0.15, 0.2) is 24.3 Å². The Labute approximate surface area is 73.8 Å². The molecule has 1 saturated heterocycles. The van der Waals surface area contributed by atoms with E-state index in [0.29, 0.717) is 0 Å². The molecule has 1 atom stereocenters. The zero-order chi connectivity index (χ0) is 8.39. The van der Waals surface area contributed by atoms with Crippen LogP contribution >= 0.6 is 0 Å². The minimum Gasteiger partial charge on any atom is -0.340 e. The predicted molar refractivity (Wildman–Crippen MR) is 49.9 cm³/mol. The molecule has 1 aromatic rings. The van der Waals surface area contributed by atoms with E-state index in [-0.39, 0.29) is 0 Å². The Morgan fingerprint density at radius 3 is 3.00 bits per heavy atom. The Morgan fingerprint density at radius 2 is 2.33 bits per heavy atom. The fourth-order valence-corrected chi connectivity index (χ4v) is 1.98. The first-order chi connectivity index (χ1) is 5.86. The molecule has 1 aromatic carbocycles. The first-order valence-corrected chi connectivity index (χ1v) is 4.76. The minimum atomic E-state index is 0.741. The second-order valence-electron chi connectivity index (χ2n) is 3.69. The van der Waals surface area contributed by atoms with E-state index in [0.717, 1.165) is 6.04 Å². The maximum Gasteiger partial charge on any atom is 0.112 e. The highest BCUT2D eigenvalue weighted by atomic mass is 14.9. The van der Waals surface area contributed by atoms with Crippen molar-refractivity contribution in [2.24, 2.45) is 0 Å². The minimum absolute atomic E-state index is 0.741. The second kappa shape index (κ2) is 3.28. The predicted octanol–water partition coefficient (Wildman–Crippen LogP) is 1.39. The number of nitrogens with two attached hydrogens (primary N) is 1. The van der Waals surface area contributed by atoms with Crippen LogP contribution in [0.2, 0.25) is 0 Å². The summed E-state index contributed by atoms with van der Waals surface area (Å²) in [5.41, 5.74) is 2.89. The maximum absolute atomic E-state index is 2.45. The van der Waals surface area contributed by atoms with Gasteiger partial charge >= 0.3 is 0 Å². The Hall–Kier alpha value is -0.820. The number of quaternary nitrogens is 1. The first-order valence-electron chi connectivity index (χ1n) is 4.76. The highest BCUT2D eigenvalue weighted by Gasteiger charge is 2.19. The number of aryl methyl sites for hydroxylation is 1. The number of benzene rings is 1. The smallest absolute Gasteiger partial charge is 0.112 e. The van der Waals surface area contributed by atoms with Gasteiger partial charge in [0.25, 0.3) is 0 Å². The lowest BCUT2D eigenvalue weighted by Gasteiger charge is -2.07. The van der Waals surface area contributed by atoms with Crippen LogP contribution in [0.4, 0.5) is 0 Å². The van der Waals surface area contributed by atoms with Gasteiger partial charge in [-0.05, 0) is 6.92 Å². The third-order valence-electron chi connectivity index (χ3n) is 2.64. The molecule has 2 N–H and O–H groups in total. The normalized spacial score (nSPS) is 22.9. The summed E-state index contributed by atoms with van der Waals surface area (Å²) in [5.74, 6) is 0. The molecule has 1 aliphatic rings. The van der Waals surface area contributed by atoms with Crippen molar-refractivity contribution in [1.29, 1.82) is 0 Å². The van der Waals surface area contributed by atoms with E-state index >= 15 is 0 Å². The van der Waals surface area contributed by atoms with Gasteiger partial charge in [0.05, 0.1) is 6.54 Å². The quantitative estimate of drug-likeness (QED) is 0.642. The lowest BCUT2D eigenvalue weighted by atomic mass is 10.0. The topological polar surface area (TPSA) is 16.6 Å². The average molecular weight is 162 g/mol. The van der Waals surface area contributed by atoms with E-state index in [1.165, 1.54) is 30.5 Å². The highest BCUT2D eigenvalue weighted by Crippen LogP contribution is 2.17. The van der Waals surface area contributed by atoms with Gasteiger partial charge in [0.1, 0.15) is 6.04 Å². The molecule has 12 heavy (non-hydrogen) atoms. The van der Waals surface area contributed by atoms with Gasteiger partial charge in [-0.1, -0.05) is 29.8 Å². The fourth-order valence-electron chi connectivity index (χ4n) is 1.98. The molecular weight excluding hydrogens is 146 g/mol. The zero-order valence-electron chi connectivity index (χ0n) is 7.59. The fraction of sp³-hybridized carbons (Fsp3) is 0.455. The lowest BCUT2D eigenvalue weighted by molar-refractivity contribution is -0.676. The Bertz CT molecular complexity index is 261. The molecule has 64 valence electrons. The Morgan fingerprint density at radius 1 is 1.42 bits per heavy atom. The molecule has 1 heteroatoms. The van der Waals surface area contributed by atoms with Crippen LogP contribution in [-0.2, 0) is 0 Å². The Kier molecular flexibility index (Phi) is 2.13. The van der Waals surface area contributed by atoms with Crippen molar-refractivity contribution in [2.75, 3.05) is 6.54 Å². The van der Waals surface area contributed by atoms with E-state index in [4.69, 9.17) is 0 Å². The van der Waals surface area contributed by atoms with Gasteiger partial charge in [-0.3, -0.25) is 0 Å². The summed E-state index contributed by atoms with van der Waals surface area (Å²) in [6.07, 6.45) is 2.72. The summed E-state index contributed by atoms with van der Waals surface area (Å²) in [6, 6.07) is 9.63. The molecule has 1 nitrogen and oxygen atoms in total. The van der Waals surface area contributed by atoms with E-state index in [1.54, 1.807) is 0 Å². The van der Waals surface area contributed by atoms with Crippen LogP contribution in [0.5, 0.6) is 0 Å². The van der Waals surface area contributed by atoms with Crippen molar-refractivity contribution in [3.8, 4) is 0 Å². The van der Waals surface area contributed by atoms with Crippen LogP contribution in [0.1, 0.15) is 30.0 Å². The van der Waals surface area contributed by atoms with Gasteiger partial charge in [-0.2, -0.15) is 0 Å². The van der Waals surface area contributed by atoms with Gasteiger partial charge in [-0.15, -0.1) is 0 Å². The van der Waals surface area contributed by atoms with Crippen molar-refractivity contribution < 1.29 is 5.32 Å². The highest BCUT2D eigenvalue weighted by molar-refractivity contribution is 5.23. The summed E-state index contributed by atoms with van der Waals surface area (Å²) in [5, 5.41) is 2.45. The summed E-state index contributed by atoms with van der Waals surface area (Å²) in [6.45, 7) is 3.47. The van der Waals surface area contributed by atoms with Gasteiger partial charge in [0.2, 0.25) is 0 Å². The van der Waals surface area contributed by atoms with Gasteiger partial charge < -0.3 is 5.32 Å². The van der Waals surface area contributed by atoms with E-state index in [9.17, 15) is 0 Å². The molecule has 0 radical (unpaired) electrons. The van der Waals surface area contributed by atoms with Crippen LogP contribution < -0.4 is 5.32 Å². The van der Waals surface area contributed by atoms with Crippen LogP contribution in [0.3, 0.4) is 0 Å². The van der Waals surface area contributed by atoms with Crippen molar-refractivity contribution in [3.63, 3.8) is 0 Å². The largest absolute Gasteiger partial charge is 0.340 e. The third-order valence-corrected chi connectivity index (χ3v) is 2.64. The lowest BCUT2D eigenvalue weighted by Crippen LogP contribution is -2.81. The van der Waals surface area contributed by atoms with Gasteiger partial charge in [0, 0.05) is 18.4 Å². The van der Waals surface area contributed by atoms with Crippen LogP contribution in [0, 0.1) is 6.92 Å². The molecule has 0 aromatic heterocycles. The second-order valence-corrected chi connectivity index (χ2v) is 3.69. The summed E-state index contributed by atoms with van der Waals surface area (Å²) >= 11 is 0.